The highest BCUT2D eigenvalue weighted by Gasteiger charge is 2.19. The molecule has 0 spiro atoms. The molecule has 0 aromatic heterocycles. The van der Waals surface area contributed by atoms with Gasteiger partial charge in [-0.1, -0.05) is 0 Å². The summed E-state index contributed by atoms with van der Waals surface area (Å²) in [5.41, 5.74) is 6.47. The molecule has 1 fully saturated rings. The molecule has 4 heteroatoms. The second-order valence-electron chi connectivity index (χ2n) is 4.38. The van der Waals surface area contributed by atoms with Crippen LogP contribution in [0.15, 0.2) is 12.1 Å². The molecule has 0 amide bonds. The van der Waals surface area contributed by atoms with Crippen LogP contribution in [0.5, 0.6) is 0 Å². The molecule has 0 atom stereocenters. The average Bonchev–Trinajstić information content (AvgIpc) is 2.25. The Kier molecular flexibility index (Phi) is 3.10. The Labute approximate surface area is 94.0 Å². The maximum absolute atomic E-state index is 13.7. The highest BCUT2D eigenvalue weighted by molar-refractivity contribution is 5.50. The Morgan fingerprint density at radius 3 is 2.44 bits per heavy atom. The van der Waals surface area contributed by atoms with Crippen molar-refractivity contribution in [2.75, 3.05) is 18.0 Å². The Hall–Kier alpha value is -1.16. The summed E-state index contributed by atoms with van der Waals surface area (Å²) < 4.78 is 27.0. The van der Waals surface area contributed by atoms with Crippen molar-refractivity contribution < 1.29 is 8.78 Å². The fraction of sp³-hybridized carbons (Fsp3) is 0.500. The van der Waals surface area contributed by atoms with Crippen molar-refractivity contribution in [3.8, 4) is 0 Å². The molecule has 0 radical (unpaired) electrons. The first-order valence-corrected chi connectivity index (χ1v) is 5.54. The minimum Gasteiger partial charge on any atom is -0.369 e. The van der Waals surface area contributed by atoms with E-state index in [9.17, 15) is 8.78 Å². The van der Waals surface area contributed by atoms with Gasteiger partial charge in [-0.2, -0.15) is 0 Å². The second-order valence-corrected chi connectivity index (χ2v) is 4.38. The molecule has 0 saturated carbocycles. The third kappa shape index (κ3) is 2.16. The van der Waals surface area contributed by atoms with Gasteiger partial charge in [-0.3, -0.25) is 0 Å². The van der Waals surface area contributed by atoms with E-state index in [4.69, 9.17) is 5.73 Å². The van der Waals surface area contributed by atoms with Gasteiger partial charge >= 0.3 is 0 Å². The van der Waals surface area contributed by atoms with Crippen LogP contribution < -0.4 is 10.6 Å². The number of hydrogen-bond acceptors (Lipinski definition) is 2. The van der Waals surface area contributed by atoms with Gasteiger partial charge in [-0.15, -0.1) is 0 Å². The monoisotopic (exact) mass is 226 g/mol. The third-order valence-electron chi connectivity index (χ3n) is 3.11. The molecule has 1 aromatic carbocycles. The summed E-state index contributed by atoms with van der Waals surface area (Å²) >= 11 is 0. The number of hydrogen-bond donors (Lipinski definition) is 1. The van der Waals surface area contributed by atoms with Gasteiger partial charge in [-0.25, -0.2) is 8.78 Å². The molecule has 2 rings (SSSR count). The molecule has 2 N–H and O–H groups in total. The zero-order chi connectivity index (χ0) is 11.7. The summed E-state index contributed by atoms with van der Waals surface area (Å²) in [5, 5.41) is 0. The van der Waals surface area contributed by atoms with E-state index in [1.165, 1.54) is 12.1 Å². The van der Waals surface area contributed by atoms with E-state index in [-0.39, 0.29) is 17.7 Å². The van der Waals surface area contributed by atoms with E-state index >= 15 is 0 Å². The normalized spacial score (nSPS) is 17.9. The number of aryl methyl sites for hydroxylation is 1. The van der Waals surface area contributed by atoms with Crippen molar-refractivity contribution >= 4 is 5.69 Å². The molecular weight excluding hydrogens is 210 g/mol. The zero-order valence-corrected chi connectivity index (χ0v) is 9.34. The van der Waals surface area contributed by atoms with Crippen LogP contribution in [0.4, 0.5) is 14.5 Å². The van der Waals surface area contributed by atoms with E-state index in [0.717, 1.165) is 12.8 Å². The number of nitrogens with two attached hydrogens (primary N) is 1. The molecular formula is C12H16F2N2. The maximum Gasteiger partial charge on any atom is 0.146 e. The van der Waals surface area contributed by atoms with Crippen LogP contribution >= 0.6 is 0 Å². The first-order chi connectivity index (χ1) is 7.58. The summed E-state index contributed by atoms with van der Waals surface area (Å²) in [6.07, 6.45) is 1.66. The predicted octanol–water partition coefficient (Wildman–Crippen LogP) is 2.20. The van der Waals surface area contributed by atoms with Crippen molar-refractivity contribution in [1.82, 2.24) is 0 Å². The van der Waals surface area contributed by atoms with Gasteiger partial charge in [0.2, 0.25) is 0 Å². The van der Waals surface area contributed by atoms with Gasteiger partial charge in [0, 0.05) is 25.2 Å². The molecule has 2 nitrogen and oxygen atoms in total. The molecule has 0 unspecified atom stereocenters. The molecule has 16 heavy (non-hydrogen) atoms. The molecule has 88 valence electrons. The average molecular weight is 226 g/mol. The second kappa shape index (κ2) is 4.37. The van der Waals surface area contributed by atoms with Crippen LogP contribution in [0.1, 0.15) is 18.4 Å². The molecule has 0 bridgehead atoms. The summed E-state index contributed by atoms with van der Waals surface area (Å²) in [7, 11) is 0. The smallest absolute Gasteiger partial charge is 0.146 e. The number of anilines is 1. The minimum absolute atomic E-state index is 0.189. The fourth-order valence-electron chi connectivity index (χ4n) is 2.02. The lowest BCUT2D eigenvalue weighted by molar-refractivity contribution is 0.491. The van der Waals surface area contributed by atoms with Crippen molar-refractivity contribution in [1.29, 1.82) is 0 Å². The number of piperidine rings is 1. The Bertz CT molecular complexity index is 385. The largest absolute Gasteiger partial charge is 0.369 e. The number of halogens is 2. The van der Waals surface area contributed by atoms with Crippen LogP contribution in [0.3, 0.4) is 0 Å². The van der Waals surface area contributed by atoms with Crippen LogP contribution in [0.2, 0.25) is 0 Å². The van der Waals surface area contributed by atoms with Crippen molar-refractivity contribution in [2.45, 2.75) is 25.8 Å². The van der Waals surface area contributed by atoms with Gasteiger partial charge in [-0.05, 0) is 31.4 Å². The van der Waals surface area contributed by atoms with E-state index < -0.39 is 0 Å². The Morgan fingerprint density at radius 2 is 1.81 bits per heavy atom. The van der Waals surface area contributed by atoms with Crippen LogP contribution in [-0.2, 0) is 0 Å². The minimum atomic E-state index is -0.355. The van der Waals surface area contributed by atoms with Gasteiger partial charge in [0.25, 0.3) is 0 Å². The molecule has 1 heterocycles. The van der Waals surface area contributed by atoms with Crippen molar-refractivity contribution in [2.24, 2.45) is 5.73 Å². The van der Waals surface area contributed by atoms with Gasteiger partial charge in [0.05, 0.1) is 5.69 Å². The SMILES string of the molecule is Cc1cc(F)c(N2CCC(N)CC2)cc1F. The van der Waals surface area contributed by atoms with Gasteiger partial charge in [0.15, 0.2) is 0 Å². The topological polar surface area (TPSA) is 29.3 Å². The first kappa shape index (κ1) is 11.3. The molecule has 1 aliphatic heterocycles. The lowest BCUT2D eigenvalue weighted by Gasteiger charge is -2.32. The summed E-state index contributed by atoms with van der Waals surface area (Å²) in [5.74, 6) is -0.708. The lowest BCUT2D eigenvalue weighted by atomic mass is 10.0. The standard InChI is InChI=1S/C12H16F2N2/c1-8-6-11(14)12(7-10(8)13)16-4-2-9(15)3-5-16/h6-7,9H,2-5,15H2,1H3. The number of nitrogens with zero attached hydrogens (tertiary/aromatic N) is 1. The maximum atomic E-state index is 13.7. The Morgan fingerprint density at radius 1 is 1.19 bits per heavy atom. The van der Waals surface area contributed by atoms with Crippen LogP contribution in [0.25, 0.3) is 0 Å². The first-order valence-electron chi connectivity index (χ1n) is 5.54. The molecule has 0 aliphatic carbocycles. The lowest BCUT2D eigenvalue weighted by Crippen LogP contribution is -2.40. The van der Waals surface area contributed by atoms with Crippen molar-refractivity contribution in [3.05, 3.63) is 29.3 Å². The van der Waals surface area contributed by atoms with E-state index in [1.807, 2.05) is 4.90 Å². The zero-order valence-electron chi connectivity index (χ0n) is 9.34. The third-order valence-corrected chi connectivity index (χ3v) is 3.11. The van der Waals surface area contributed by atoms with Crippen LogP contribution in [-0.4, -0.2) is 19.1 Å². The van der Waals surface area contributed by atoms with E-state index in [2.05, 4.69) is 0 Å². The predicted molar refractivity (Wildman–Crippen MR) is 60.5 cm³/mol. The summed E-state index contributed by atoms with van der Waals surface area (Å²) in [6.45, 7) is 2.95. The summed E-state index contributed by atoms with van der Waals surface area (Å²) in [4.78, 5) is 1.86. The highest BCUT2D eigenvalue weighted by Crippen LogP contribution is 2.25. The summed E-state index contributed by atoms with van der Waals surface area (Å²) in [6, 6.07) is 2.72. The van der Waals surface area contributed by atoms with E-state index in [1.54, 1.807) is 6.92 Å². The quantitative estimate of drug-likeness (QED) is 0.795. The fourth-order valence-corrected chi connectivity index (χ4v) is 2.02. The number of rotatable bonds is 1. The van der Waals surface area contributed by atoms with Gasteiger partial charge in [0.1, 0.15) is 11.6 Å². The van der Waals surface area contributed by atoms with E-state index in [0.29, 0.717) is 24.3 Å². The van der Waals surface area contributed by atoms with Gasteiger partial charge < -0.3 is 10.6 Å². The highest BCUT2D eigenvalue weighted by atomic mass is 19.1. The molecule has 1 aliphatic rings. The van der Waals surface area contributed by atoms with Crippen LogP contribution in [0, 0.1) is 18.6 Å². The van der Waals surface area contributed by atoms with Crippen molar-refractivity contribution in [3.63, 3.8) is 0 Å². The molecule has 1 saturated heterocycles. The molecule has 1 aromatic rings. The Balaban J connectivity index is 2.23. The number of benzene rings is 1.